The van der Waals surface area contributed by atoms with Crippen LogP contribution in [0.1, 0.15) is 15.9 Å². The van der Waals surface area contributed by atoms with E-state index in [1.165, 1.54) is 0 Å². The third kappa shape index (κ3) is 3.15. The maximum Gasteiger partial charge on any atom is 0.262 e. The van der Waals surface area contributed by atoms with Gasteiger partial charge in [-0.05, 0) is 42.8 Å². The summed E-state index contributed by atoms with van der Waals surface area (Å²) < 4.78 is 5.42. The summed E-state index contributed by atoms with van der Waals surface area (Å²) in [7, 11) is 1.64. The minimum Gasteiger partial charge on any atom is -0.496 e. The van der Waals surface area contributed by atoms with E-state index in [0.717, 1.165) is 22.7 Å². The van der Waals surface area contributed by atoms with Crippen LogP contribution in [0.25, 0.3) is 0 Å². The normalized spacial score (nSPS) is 10.2. The van der Waals surface area contributed by atoms with E-state index in [1.54, 1.807) is 12.0 Å². The van der Waals surface area contributed by atoms with Gasteiger partial charge in [0, 0.05) is 17.3 Å². The van der Waals surface area contributed by atoms with Gasteiger partial charge in [0.15, 0.2) is 0 Å². The molecule has 0 aromatic heterocycles. The van der Waals surface area contributed by atoms with Gasteiger partial charge in [0.25, 0.3) is 5.91 Å². The second-order valence-corrected chi connectivity index (χ2v) is 5.50. The van der Waals surface area contributed by atoms with Crippen molar-refractivity contribution in [3.05, 3.63) is 90.0 Å². The third-order valence-electron chi connectivity index (χ3n) is 3.89. The largest absolute Gasteiger partial charge is 0.496 e. The SMILES string of the molecule is COc1cc(N(C(=O)c2ccccc2)c2ccccc2)ccc1C. The molecule has 0 heterocycles. The lowest BCUT2D eigenvalue weighted by Gasteiger charge is -2.24. The molecular formula is C21H19NO2. The van der Waals surface area contributed by atoms with Gasteiger partial charge in [0.2, 0.25) is 0 Å². The highest BCUT2D eigenvalue weighted by Crippen LogP contribution is 2.31. The van der Waals surface area contributed by atoms with Gasteiger partial charge in [-0.25, -0.2) is 0 Å². The number of aryl methyl sites for hydroxylation is 1. The summed E-state index contributed by atoms with van der Waals surface area (Å²) in [6, 6.07) is 24.7. The monoisotopic (exact) mass is 317 g/mol. The molecule has 0 aliphatic carbocycles. The number of benzene rings is 3. The Bertz CT molecular complexity index is 829. The predicted molar refractivity (Wildman–Crippen MR) is 97.1 cm³/mol. The van der Waals surface area contributed by atoms with Crippen molar-refractivity contribution in [2.24, 2.45) is 0 Å². The van der Waals surface area contributed by atoms with Crippen LogP contribution >= 0.6 is 0 Å². The van der Waals surface area contributed by atoms with Crippen molar-refractivity contribution < 1.29 is 9.53 Å². The second-order valence-electron chi connectivity index (χ2n) is 5.50. The van der Waals surface area contributed by atoms with Crippen molar-refractivity contribution in [1.82, 2.24) is 0 Å². The summed E-state index contributed by atoms with van der Waals surface area (Å²) in [6.07, 6.45) is 0. The van der Waals surface area contributed by atoms with Crippen LogP contribution in [-0.4, -0.2) is 13.0 Å². The number of carbonyl (C=O) groups is 1. The maximum absolute atomic E-state index is 13.1. The lowest BCUT2D eigenvalue weighted by molar-refractivity contribution is 0.0999. The van der Waals surface area contributed by atoms with Gasteiger partial charge in [-0.1, -0.05) is 42.5 Å². The molecule has 3 aromatic rings. The fraction of sp³-hybridized carbons (Fsp3) is 0.0952. The Morgan fingerprint density at radius 2 is 1.46 bits per heavy atom. The van der Waals surface area contributed by atoms with Crippen LogP contribution in [0, 0.1) is 6.92 Å². The van der Waals surface area contributed by atoms with Crippen LogP contribution in [0.2, 0.25) is 0 Å². The zero-order chi connectivity index (χ0) is 16.9. The number of amides is 1. The molecule has 0 atom stereocenters. The van der Waals surface area contributed by atoms with Crippen molar-refractivity contribution in [2.45, 2.75) is 6.92 Å². The number of para-hydroxylation sites is 1. The average molecular weight is 317 g/mol. The number of hydrogen-bond acceptors (Lipinski definition) is 2. The molecule has 0 radical (unpaired) electrons. The molecule has 1 amide bonds. The second kappa shape index (κ2) is 7.01. The number of nitrogens with zero attached hydrogens (tertiary/aromatic N) is 1. The van der Waals surface area contributed by atoms with E-state index in [2.05, 4.69) is 0 Å². The molecule has 0 aliphatic rings. The van der Waals surface area contributed by atoms with Crippen molar-refractivity contribution in [1.29, 1.82) is 0 Å². The molecule has 0 saturated carbocycles. The highest BCUT2D eigenvalue weighted by Gasteiger charge is 2.20. The number of carbonyl (C=O) groups excluding carboxylic acids is 1. The summed E-state index contributed by atoms with van der Waals surface area (Å²) in [5.41, 5.74) is 3.26. The molecule has 120 valence electrons. The van der Waals surface area contributed by atoms with Gasteiger partial charge >= 0.3 is 0 Å². The summed E-state index contributed by atoms with van der Waals surface area (Å²) >= 11 is 0. The van der Waals surface area contributed by atoms with Crippen molar-refractivity contribution in [2.75, 3.05) is 12.0 Å². The lowest BCUT2D eigenvalue weighted by atomic mass is 10.1. The molecule has 3 rings (SSSR count). The van der Waals surface area contributed by atoms with Crippen LogP contribution in [0.3, 0.4) is 0 Å². The smallest absolute Gasteiger partial charge is 0.262 e. The van der Waals surface area contributed by atoms with E-state index in [-0.39, 0.29) is 5.91 Å². The van der Waals surface area contributed by atoms with Gasteiger partial charge in [0.05, 0.1) is 12.8 Å². The molecule has 3 nitrogen and oxygen atoms in total. The van der Waals surface area contributed by atoms with E-state index >= 15 is 0 Å². The van der Waals surface area contributed by atoms with Crippen LogP contribution < -0.4 is 9.64 Å². The number of rotatable bonds is 4. The Morgan fingerprint density at radius 1 is 0.833 bits per heavy atom. The van der Waals surface area contributed by atoms with E-state index in [4.69, 9.17) is 4.74 Å². The first-order chi connectivity index (χ1) is 11.7. The molecule has 0 N–H and O–H groups in total. The first kappa shape index (κ1) is 15.8. The van der Waals surface area contributed by atoms with E-state index in [1.807, 2.05) is 85.8 Å². The molecule has 3 heteroatoms. The molecular weight excluding hydrogens is 298 g/mol. The lowest BCUT2D eigenvalue weighted by Crippen LogP contribution is -2.25. The summed E-state index contributed by atoms with van der Waals surface area (Å²) in [5, 5.41) is 0. The van der Waals surface area contributed by atoms with E-state index in [9.17, 15) is 4.79 Å². The Morgan fingerprint density at radius 3 is 2.08 bits per heavy atom. The Balaban J connectivity index is 2.11. The zero-order valence-corrected chi connectivity index (χ0v) is 13.8. The number of hydrogen-bond donors (Lipinski definition) is 0. The molecule has 0 fully saturated rings. The molecule has 0 spiro atoms. The molecule has 0 aliphatic heterocycles. The van der Waals surface area contributed by atoms with Crippen LogP contribution in [0.5, 0.6) is 5.75 Å². The van der Waals surface area contributed by atoms with Gasteiger partial charge in [-0.2, -0.15) is 0 Å². The molecule has 0 saturated heterocycles. The molecule has 0 bridgehead atoms. The minimum absolute atomic E-state index is 0.0762. The first-order valence-electron chi connectivity index (χ1n) is 7.80. The number of ether oxygens (including phenoxy) is 1. The highest BCUT2D eigenvalue weighted by atomic mass is 16.5. The van der Waals surface area contributed by atoms with Crippen LogP contribution in [0.4, 0.5) is 11.4 Å². The maximum atomic E-state index is 13.1. The third-order valence-corrected chi connectivity index (χ3v) is 3.89. The summed E-state index contributed by atoms with van der Waals surface area (Å²) in [5.74, 6) is 0.682. The van der Waals surface area contributed by atoms with Gasteiger partial charge in [-0.3, -0.25) is 9.69 Å². The molecule has 24 heavy (non-hydrogen) atoms. The Kier molecular flexibility index (Phi) is 4.62. The van der Waals surface area contributed by atoms with E-state index in [0.29, 0.717) is 5.56 Å². The van der Waals surface area contributed by atoms with Crippen molar-refractivity contribution >= 4 is 17.3 Å². The quantitative estimate of drug-likeness (QED) is 0.679. The van der Waals surface area contributed by atoms with Crippen molar-refractivity contribution in [3.63, 3.8) is 0 Å². The number of anilines is 2. The fourth-order valence-corrected chi connectivity index (χ4v) is 2.62. The predicted octanol–water partition coefficient (Wildman–Crippen LogP) is 4.98. The zero-order valence-electron chi connectivity index (χ0n) is 13.8. The molecule has 0 unspecified atom stereocenters. The average Bonchev–Trinajstić information content (AvgIpc) is 2.65. The summed E-state index contributed by atoms with van der Waals surface area (Å²) in [4.78, 5) is 14.8. The van der Waals surface area contributed by atoms with Gasteiger partial charge in [-0.15, -0.1) is 0 Å². The minimum atomic E-state index is -0.0762. The topological polar surface area (TPSA) is 29.5 Å². The number of methoxy groups -OCH3 is 1. The first-order valence-corrected chi connectivity index (χ1v) is 7.80. The fourth-order valence-electron chi connectivity index (χ4n) is 2.62. The van der Waals surface area contributed by atoms with Crippen molar-refractivity contribution in [3.8, 4) is 5.75 Å². The van der Waals surface area contributed by atoms with Crippen LogP contribution in [0.15, 0.2) is 78.9 Å². The highest BCUT2D eigenvalue weighted by molar-refractivity contribution is 6.11. The Labute approximate surface area is 142 Å². The van der Waals surface area contributed by atoms with Gasteiger partial charge < -0.3 is 4.74 Å². The standard InChI is InChI=1S/C21H19NO2/c1-16-13-14-19(15-20(16)24-2)22(18-11-7-4-8-12-18)21(23)17-9-5-3-6-10-17/h3-15H,1-2H3. The van der Waals surface area contributed by atoms with Crippen LogP contribution in [-0.2, 0) is 0 Å². The summed E-state index contributed by atoms with van der Waals surface area (Å²) in [6.45, 7) is 1.98. The Hall–Kier alpha value is -3.07. The molecule has 3 aromatic carbocycles. The van der Waals surface area contributed by atoms with E-state index < -0.39 is 0 Å². The van der Waals surface area contributed by atoms with Gasteiger partial charge in [0.1, 0.15) is 5.75 Å².